The molecule has 2 aromatic carbocycles. The number of carbonyl (C=O) groups excluding carboxylic acids is 1. The molecule has 2 aromatic heterocycles. The lowest BCUT2D eigenvalue weighted by Gasteiger charge is -2.10. The van der Waals surface area contributed by atoms with E-state index in [1.807, 2.05) is 30.3 Å². The predicted octanol–water partition coefficient (Wildman–Crippen LogP) is 3.05. The van der Waals surface area contributed by atoms with Crippen molar-refractivity contribution in [2.75, 3.05) is 14.1 Å². The molecule has 4 aromatic rings. The first kappa shape index (κ1) is 19.4. The molecule has 8 heteroatoms. The number of amides is 1. The maximum Gasteiger partial charge on any atom is 0.268 e. The van der Waals surface area contributed by atoms with Gasteiger partial charge in [-0.1, -0.05) is 24.3 Å². The summed E-state index contributed by atoms with van der Waals surface area (Å²) in [6, 6.07) is 14.4. The van der Waals surface area contributed by atoms with E-state index in [1.54, 1.807) is 44.7 Å². The normalized spacial score (nSPS) is 10.8. The Morgan fingerprint density at radius 2 is 1.70 bits per heavy atom. The third kappa shape index (κ3) is 3.94. The number of hydrogen-bond acceptors (Lipinski definition) is 7. The van der Waals surface area contributed by atoms with Crippen LogP contribution in [0.5, 0.6) is 0 Å². The van der Waals surface area contributed by atoms with Crippen molar-refractivity contribution in [3.8, 4) is 34.3 Å². The second-order valence-electron chi connectivity index (χ2n) is 6.84. The van der Waals surface area contributed by atoms with Crippen LogP contribution in [0.25, 0.3) is 34.3 Å². The zero-order valence-electron chi connectivity index (χ0n) is 16.5. The third-order valence-corrected chi connectivity index (χ3v) is 4.47. The molecule has 0 atom stereocenters. The molecule has 150 valence electrons. The average Bonchev–Trinajstić information content (AvgIpc) is 3.29. The number of nitrogens with zero attached hydrogens (tertiary/aromatic N) is 5. The molecule has 0 saturated heterocycles. The Balaban J connectivity index is 1.61. The van der Waals surface area contributed by atoms with Gasteiger partial charge in [0.05, 0.1) is 24.7 Å². The highest BCUT2D eigenvalue weighted by Gasteiger charge is 2.14. The Morgan fingerprint density at radius 3 is 2.43 bits per heavy atom. The molecule has 1 amide bonds. The number of aliphatic hydroxyl groups excluding tert-OH is 1. The molecule has 0 aliphatic rings. The van der Waals surface area contributed by atoms with Crippen LogP contribution in [0.3, 0.4) is 0 Å². The molecular formula is C22H19N5O3. The van der Waals surface area contributed by atoms with Crippen LogP contribution in [-0.4, -0.2) is 50.2 Å². The summed E-state index contributed by atoms with van der Waals surface area (Å²) < 4.78 is 5.77. The molecule has 8 nitrogen and oxygen atoms in total. The van der Waals surface area contributed by atoms with Gasteiger partial charge in [0.25, 0.3) is 11.8 Å². The molecule has 0 fully saturated rings. The fraction of sp³-hybridized carbons (Fsp3) is 0.136. The van der Waals surface area contributed by atoms with E-state index in [9.17, 15) is 9.90 Å². The van der Waals surface area contributed by atoms with Gasteiger partial charge in [-0.15, -0.1) is 10.2 Å². The van der Waals surface area contributed by atoms with E-state index < -0.39 is 0 Å². The quantitative estimate of drug-likeness (QED) is 0.548. The average molecular weight is 401 g/mol. The van der Waals surface area contributed by atoms with Gasteiger partial charge in [0.1, 0.15) is 5.69 Å². The molecule has 1 N–H and O–H groups in total. The van der Waals surface area contributed by atoms with Crippen LogP contribution in [0.15, 0.2) is 65.3 Å². The number of carbonyl (C=O) groups is 1. The van der Waals surface area contributed by atoms with Gasteiger partial charge < -0.3 is 14.4 Å². The maximum absolute atomic E-state index is 12.0. The number of hydrogen-bond donors (Lipinski definition) is 1. The monoisotopic (exact) mass is 401 g/mol. The van der Waals surface area contributed by atoms with Crippen molar-refractivity contribution in [1.29, 1.82) is 0 Å². The summed E-state index contributed by atoms with van der Waals surface area (Å²) in [7, 11) is 3.42. The molecule has 0 saturated carbocycles. The SMILES string of the molecule is CN(C)C(=O)c1ccc(-c2cncc(-c3nnc(-c4cccc(CO)c4)o3)n2)cc1. The highest BCUT2D eigenvalue weighted by atomic mass is 16.4. The van der Waals surface area contributed by atoms with Crippen LogP contribution in [0.1, 0.15) is 15.9 Å². The lowest BCUT2D eigenvalue weighted by Crippen LogP contribution is -2.21. The van der Waals surface area contributed by atoms with Gasteiger partial charge in [-0.2, -0.15) is 0 Å². The van der Waals surface area contributed by atoms with E-state index in [-0.39, 0.29) is 18.4 Å². The Morgan fingerprint density at radius 1 is 0.967 bits per heavy atom. The van der Waals surface area contributed by atoms with Crippen LogP contribution >= 0.6 is 0 Å². The molecule has 30 heavy (non-hydrogen) atoms. The lowest BCUT2D eigenvalue weighted by molar-refractivity contribution is 0.0827. The van der Waals surface area contributed by atoms with Crippen LogP contribution in [0.4, 0.5) is 0 Å². The molecule has 0 aliphatic heterocycles. The van der Waals surface area contributed by atoms with Crippen LogP contribution in [0, 0.1) is 0 Å². The molecule has 0 aliphatic carbocycles. The van der Waals surface area contributed by atoms with Crippen LogP contribution < -0.4 is 0 Å². The highest BCUT2D eigenvalue weighted by Crippen LogP contribution is 2.25. The summed E-state index contributed by atoms with van der Waals surface area (Å²) >= 11 is 0. The Labute approximate surface area is 172 Å². The summed E-state index contributed by atoms with van der Waals surface area (Å²) in [5.41, 5.74) is 3.95. The minimum Gasteiger partial charge on any atom is -0.415 e. The fourth-order valence-electron chi connectivity index (χ4n) is 2.90. The second kappa shape index (κ2) is 8.22. The highest BCUT2D eigenvalue weighted by molar-refractivity contribution is 5.94. The lowest BCUT2D eigenvalue weighted by atomic mass is 10.1. The summed E-state index contributed by atoms with van der Waals surface area (Å²) in [5, 5.41) is 17.5. The smallest absolute Gasteiger partial charge is 0.268 e. The van der Waals surface area contributed by atoms with Crippen molar-refractivity contribution >= 4 is 5.91 Å². The minimum atomic E-state index is -0.0682. The topological polar surface area (TPSA) is 105 Å². The van der Waals surface area contributed by atoms with Gasteiger partial charge >= 0.3 is 0 Å². The molecule has 4 rings (SSSR count). The molecular weight excluding hydrogens is 382 g/mol. The molecule has 0 bridgehead atoms. The van der Waals surface area contributed by atoms with Crippen molar-refractivity contribution in [3.63, 3.8) is 0 Å². The van der Waals surface area contributed by atoms with Gasteiger partial charge in [0.15, 0.2) is 0 Å². The number of aromatic nitrogens is 4. The zero-order valence-corrected chi connectivity index (χ0v) is 16.5. The number of rotatable bonds is 5. The number of aliphatic hydroxyl groups is 1. The Hall–Kier alpha value is -3.91. The summed E-state index contributed by atoms with van der Waals surface area (Å²) in [4.78, 5) is 22.4. The number of benzene rings is 2. The van der Waals surface area contributed by atoms with Crippen LogP contribution in [-0.2, 0) is 6.61 Å². The van der Waals surface area contributed by atoms with Gasteiger partial charge in [-0.3, -0.25) is 9.78 Å². The van der Waals surface area contributed by atoms with Gasteiger partial charge in [0.2, 0.25) is 5.89 Å². The first-order valence-corrected chi connectivity index (χ1v) is 9.23. The van der Waals surface area contributed by atoms with Crippen molar-refractivity contribution in [3.05, 3.63) is 72.1 Å². The van der Waals surface area contributed by atoms with Gasteiger partial charge in [-0.05, 0) is 29.8 Å². The first-order valence-electron chi connectivity index (χ1n) is 9.23. The first-order chi connectivity index (χ1) is 14.5. The molecule has 0 unspecified atom stereocenters. The van der Waals surface area contributed by atoms with Crippen molar-refractivity contribution < 1.29 is 14.3 Å². The van der Waals surface area contributed by atoms with Gasteiger partial charge in [0, 0.05) is 30.8 Å². The Bertz CT molecular complexity index is 1190. The van der Waals surface area contributed by atoms with E-state index in [1.165, 1.54) is 4.90 Å². The van der Waals surface area contributed by atoms with Crippen LogP contribution in [0.2, 0.25) is 0 Å². The second-order valence-corrected chi connectivity index (χ2v) is 6.84. The Kier molecular flexibility index (Phi) is 5.32. The standard InChI is InChI=1S/C22H19N5O3/c1-27(2)22(29)16-8-6-15(7-9-16)18-11-23-12-19(24-18)21-26-25-20(30-21)17-5-3-4-14(10-17)13-28/h3-12,28H,13H2,1-2H3. The molecule has 0 spiro atoms. The largest absolute Gasteiger partial charge is 0.415 e. The molecule has 2 heterocycles. The fourth-order valence-corrected chi connectivity index (χ4v) is 2.90. The van der Waals surface area contributed by atoms with Gasteiger partial charge in [-0.25, -0.2) is 4.98 Å². The predicted molar refractivity (Wildman–Crippen MR) is 110 cm³/mol. The van der Waals surface area contributed by atoms with Crippen molar-refractivity contribution in [2.45, 2.75) is 6.61 Å². The third-order valence-electron chi connectivity index (χ3n) is 4.47. The van der Waals surface area contributed by atoms with E-state index in [0.29, 0.717) is 28.4 Å². The van der Waals surface area contributed by atoms with Crippen molar-refractivity contribution in [2.24, 2.45) is 0 Å². The van der Waals surface area contributed by atoms with E-state index in [0.717, 1.165) is 11.1 Å². The zero-order chi connectivity index (χ0) is 21.1. The summed E-state index contributed by atoms with van der Waals surface area (Å²) in [6.07, 6.45) is 3.18. The summed E-state index contributed by atoms with van der Waals surface area (Å²) in [6.45, 7) is -0.0682. The maximum atomic E-state index is 12.0. The van der Waals surface area contributed by atoms with Crippen molar-refractivity contribution in [1.82, 2.24) is 25.1 Å². The minimum absolute atomic E-state index is 0.0648. The summed E-state index contributed by atoms with van der Waals surface area (Å²) in [5.74, 6) is 0.511. The van der Waals surface area contributed by atoms with E-state index in [4.69, 9.17) is 4.42 Å². The van der Waals surface area contributed by atoms with E-state index >= 15 is 0 Å². The van der Waals surface area contributed by atoms with E-state index in [2.05, 4.69) is 20.2 Å². The molecule has 0 radical (unpaired) electrons.